The highest BCUT2D eigenvalue weighted by atomic mass is 16.2. The molecule has 98 valence electrons. The summed E-state index contributed by atoms with van der Waals surface area (Å²) in [5.41, 5.74) is 9.32. The van der Waals surface area contributed by atoms with Crippen molar-refractivity contribution in [3.8, 4) is 0 Å². The number of hydrogen-bond donors (Lipinski definition) is 1. The minimum atomic E-state index is 0.188. The highest BCUT2D eigenvalue weighted by Crippen LogP contribution is 2.21. The average Bonchev–Trinajstić information content (AvgIpc) is 2.35. The third-order valence-electron chi connectivity index (χ3n) is 3.46. The Morgan fingerprint density at radius 3 is 2.89 bits per heavy atom. The Bertz CT molecular complexity index is 443. The fraction of sp³-hybridized carbons (Fsp3) is 0.500. The van der Waals surface area contributed by atoms with E-state index < -0.39 is 0 Å². The topological polar surface area (TPSA) is 49.6 Å². The molecular formula is C14H21N3O. The number of nitrogens with two attached hydrogens (primary N) is 1. The number of anilines is 1. The van der Waals surface area contributed by atoms with Crippen LogP contribution < -0.4 is 5.73 Å². The Morgan fingerprint density at radius 1 is 1.39 bits per heavy atom. The van der Waals surface area contributed by atoms with Crippen molar-refractivity contribution in [1.82, 2.24) is 9.80 Å². The molecule has 1 heterocycles. The number of nitrogens with zero attached hydrogens (tertiary/aromatic N) is 2. The molecule has 4 heteroatoms. The van der Waals surface area contributed by atoms with E-state index in [1.54, 1.807) is 19.0 Å². The van der Waals surface area contributed by atoms with Crippen molar-refractivity contribution in [2.75, 3.05) is 32.9 Å². The van der Waals surface area contributed by atoms with E-state index in [1.165, 1.54) is 11.1 Å². The first kappa shape index (κ1) is 12.9. The van der Waals surface area contributed by atoms with Crippen LogP contribution in [0.15, 0.2) is 18.2 Å². The summed E-state index contributed by atoms with van der Waals surface area (Å²) in [5.74, 6) is 0.188. The van der Waals surface area contributed by atoms with Crippen LogP contribution in [0.25, 0.3) is 0 Å². The molecule has 0 saturated heterocycles. The lowest BCUT2D eigenvalue weighted by Crippen LogP contribution is -2.34. The van der Waals surface area contributed by atoms with Crippen molar-refractivity contribution in [1.29, 1.82) is 0 Å². The molecule has 2 rings (SSSR count). The van der Waals surface area contributed by atoms with Crippen molar-refractivity contribution >= 4 is 11.6 Å². The second-order valence-electron chi connectivity index (χ2n) is 5.09. The van der Waals surface area contributed by atoms with Crippen LogP contribution in [0.4, 0.5) is 5.69 Å². The molecule has 0 spiro atoms. The number of carbonyl (C=O) groups excluding carboxylic acids is 1. The first-order chi connectivity index (χ1) is 8.56. The van der Waals surface area contributed by atoms with Gasteiger partial charge in [-0.3, -0.25) is 9.69 Å². The van der Waals surface area contributed by atoms with E-state index in [4.69, 9.17) is 5.73 Å². The molecule has 1 aliphatic heterocycles. The summed E-state index contributed by atoms with van der Waals surface area (Å²) in [5, 5.41) is 0. The standard InChI is InChI=1S/C14H21N3O/c1-16(2)14(18)6-8-17-7-5-11-3-4-13(15)9-12(11)10-17/h3-4,9H,5-8,10,15H2,1-2H3. The van der Waals surface area contributed by atoms with Gasteiger partial charge in [0.15, 0.2) is 0 Å². The smallest absolute Gasteiger partial charge is 0.223 e. The summed E-state index contributed by atoms with van der Waals surface area (Å²) in [6.45, 7) is 2.75. The lowest BCUT2D eigenvalue weighted by Gasteiger charge is -2.29. The molecule has 0 atom stereocenters. The molecule has 0 radical (unpaired) electrons. The van der Waals surface area contributed by atoms with Crippen LogP contribution in [0.3, 0.4) is 0 Å². The van der Waals surface area contributed by atoms with E-state index in [0.717, 1.165) is 31.7 Å². The number of nitrogen functional groups attached to an aromatic ring is 1. The normalized spacial score (nSPS) is 15.2. The van der Waals surface area contributed by atoms with Crippen molar-refractivity contribution in [3.63, 3.8) is 0 Å². The average molecular weight is 247 g/mol. The van der Waals surface area contributed by atoms with Gasteiger partial charge >= 0.3 is 0 Å². The molecule has 0 unspecified atom stereocenters. The lowest BCUT2D eigenvalue weighted by molar-refractivity contribution is -0.129. The summed E-state index contributed by atoms with van der Waals surface area (Å²) in [6, 6.07) is 6.13. The van der Waals surface area contributed by atoms with Crippen LogP contribution in [-0.4, -0.2) is 42.9 Å². The summed E-state index contributed by atoms with van der Waals surface area (Å²) in [6.07, 6.45) is 1.64. The Labute approximate surface area is 108 Å². The molecule has 0 bridgehead atoms. The van der Waals surface area contributed by atoms with Gasteiger partial charge in [0.2, 0.25) is 5.91 Å². The van der Waals surface area contributed by atoms with Gasteiger partial charge in [-0.1, -0.05) is 6.07 Å². The Morgan fingerprint density at radius 2 is 2.17 bits per heavy atom. The predicted octanol–water partition coefficient (Wildman–Crippen LogP) is 1.11. The molecule has 1 aromatic rings. The summed E-state index contributed by atoms with van der Waals surface area (Å²) in [7, 11) is 3.60. The molecule has 1 amide bonds. The van der Waals surface area contributed by atoms with E-state index in [1.807, 2.05) is 6.07 Å². The van der Waals surface area contributed by atoms with Crippen LogP contribution in [0.5, 0.6) is 0 Å². The van der Waals surface area contributed by atoms with Crippen molar-refractivity contribution in [2.24, 2.45) is 0 Å². The van der Waals surface area contributed by atoms with Crippen LogP contribution in [-0.2, 0) is 17.8 Å². The molecule has 0 saturated carbocycles. The van der Waals surface area contributed by atoms with Crippen LogP contribution >= 0.6 is 0 Å². The van der Waals surface area contributed by atoms with Gasteiger partial charge < -0.3 is 10.6 Å². The van der Waals surface area contributed by atoms with Gasteiger partial charge in [0, 0.05) is 45.8 Å². The molecule has 2 N–H and O–H groups in total. The van der Waals surface area contributed by atoms with Crippen molar-refractivity contribution in [3.05, 3.63) is 29.3 Å². The molecule has 0 aromatic heterocycles. The maximum atomic E-state index is 11.6. The fourth-order valence-corrected chi connectivity index (χ4v) is 2.30. The first-order valence-electron chi connectivity index (χ1n) is 6.36. The van der Waals surface area contributed by atoms with E-state index >= 15 is 0 Å². The third kappa shape index (κ3) is 3.01. The predicted molar refractivity (Wildman–Crippen MR) is 73.1 cm³/mol. The second-order valence-corrected chi connectivity index (χ2v) is 5.09. The summed E-state index contributed by atoms with van der Waals surface area (Å²) < 4.78 is 0. The van der Waals surface area contributed by atoms with Gasteiger partial charge in [0.25, 0.3) is 0 Å². The summed E-state index contributed by atoms with van der Waals surface area (Å²) in [4.78, 5) is 15.5. The minimum Gasteiger partial charge on any atom is -0.399 e. The molecule has 1 aliphatic rings. The number of benzene rings is 1. The molecule has 4 nitrogen and oxygen atoms in total. The van der Waals surface area contributed by atoms with Gasteiger partial charge in [0.05, 0.1) is 0 Å². The fourth-order valence-electron chi connectivity index (χ4n) is 2.30. The number of amides is 1. The largest absolute Gasteiger partial charge is 0.399 e. The van der Waals surface area contributed by atoms with Gasteiger partial charge in [-0.05, 0) is 29.7 Å². The maximum absolute atomic E-state index is 11.6. The zero-order valence-electron chi connectivity index (χ0n) is 11.1. The highest BCUT2D eigenvalue weighted by molar-refractivity contribution is 5.75. The quantitative estimate of drug-likeness (QED) is 0.814. The first-order valence-corrected chi connectivity index (χ1v) is 6.36. The monoisotopic (exact) mass is 247 g/mol. The van der Waals surface area contributed by atoms with E-state index in [-0.39, 0.29) is 5.91 Å². The minimum absolute atomic E-state index is 0.188. The van der Waals surface area contributed by atoms with Crippen molar-refractivity contribution < 1.29 is 4.79 Å². The maximum Gasteiger partial charge on any atom is 0.223 e. The molecule has 18 heavy (non-hydrogen) atoms. The Kier molecular flexibility index (Phi) is 3.87. The lowest BCUT2D eigenvalue weighted by atomic mass is 9.99. The SMILES string of the molecule is CN(C)C(=O)CCN1CCc2ccc(N)cc2C1. The molecular weight excluding hydrogens is 226 g/mol. The van der Waals surface area contributed by atoms with Gasteiger partial charge in [-0.15, -0.1) is 0 Å². The third-order valence-corrected chi connectivity index (χ3v) is 3.46. The number of hydrogen-bond acceptors (Lipinski definition) is 3. The zero-order chi connectivity index (χ0) is 13.1. The summed E-state index contributed by atoms with van der Waals surface area (Å²) >= 11 is 0. The highest BCUT2D eigenvalue weighted by Gasteiger charge is 2.17. The Hall–Kier alpha value is -1.55. The van der Waals surface area contributed by atoms with Gasteiger partial charge in [-0.25, -0.2) is 0 Å². The van der Waals surface area contributed by atoms with Crippen LogP contribution in [0.2, 0.25) is 0 Å². The van der Waals surface area contributed by atoms with Crippen molar-refractivity contribution in [2.45, 2.75) is 19.4 Å². The van der Waals surface area contributed by atoms with E-state index in [9.17, 15) is 4.79 Å². The number of fused-ring (bicyclic) bond motifs is 1. The number of carbonyl (C=O) groups is 1. The Balaban J connectivity index is 1.93. The molecule has 0 aliphatic carbocycles. The van der Waals surface area contributed by atoms with E-state index in [0.29, 0.717) is 6.42 Å². The van der Waals surface area contributed by atoms with Crippen LogP contribution in [0.1, 0.15) is 17.5 Å². The second kappa shape index (κ2) is 5.40. The van der Waals surface area contributed by atoms with Gasteiger partial charge in [0.1, 0.15) is 0 Å². The molecule has 0 fully saturated rings. The van der Waals surface area contributed by atoms with Crippen LogP contribution in [0, 0.1) is 0 Å². The number of rotatable bonds is 3. The van der Waals surface area contributed by atoms with E-state index in [2.05, 4.69) is 17.0 Å². The molecule has 1 aromatic carbocycles. The van der Waals surface area contributed by atoms with Gasteiger partial charge in [-0.2, -0.15) is 0 Å². The zero-order valence-corrected chi connectivity index (χ0v) is 11.1.